The first-order chi connectivity index (χ1) is 7.60. The van der Waals surface area contributed by atoms with Crippen LogP contribution in [-0.2, 0) is 26.5 Å². The van der Waals surface area contributed by atoms with Crippen LogP contribution in [-0.4, -0.2) is 24.3 Å². The summed E-state index contributed by atoms with van der Waals surface area (Å²) in [6, 6.07) is 3.52. The third-order valence-electron chi connectivity index (χ3n) is 2.53. The van der Waals surface area contributed by atoms with Gasteiger partial charge in [0, 0.05) is 6.42 Å². The van der Waals surface area contributed by atoms with E-state index in [-0.39, 0.29) is 6.42 Å². The molecule has 1 fully saturated rings. The van der Waals surface area contributed by atoms with Gasteiger partial charge in [-0.15, -0.1) is 0 Å². The Morgan fingerprint density at radius 3 is 2.75 bits per heavy atom. The number of aryl methyl sites for hydroxylation is 1. The Kier molecular flexibility index (Phi) is 2.98. The van der Waals surface area contributed by atoms with Gasteiger partial charge < -0.3 is 19.0 Å². The predicted octanol–water partition coefficient (Wildman–Crippen LogP) is 1.52. The minimum atomic E-state index is -0.836. The molecular formula is C11H14O5. The van der Waals surface area contributed by atoms with Crippen LogP contribution in [0.2, 0.25) is 0 Å². The van der Waals surface area contributed by atoms with Crippen LogP contribution in [0.3, 0.4) is 0 Å². The van der Waals surface area contributed by atoms with Gasteiger partial charge >= 0.3 is 5.97 Å². The predicted molar refractivity (Wildman–Crippen MR) is 53.9 cm³/mol. The molecule has 1 aliphatic rings. The van der Waals surface area contributed by atoms with E-state index in [9.17, 15) is 4.79 Å². The summed E-state index contributed by atoms with van der Waals surface area (Å²) in [7, 11) is 0. The van der Waals surface area contributed by atoms with Gasteiger partial charge in [-0.25, -0.2) is 0 Å². The largest absolute Gasteiger partial charge is 0.481 e. The number of rotatable bonds is 4. The maximum atomic E-state index is 10.4. The fourth-order valence-electron chi connectivity index (χ4n) is 1.64. The van der Waals surface area contributed by atoms with E-state index in [2.05, 4.69) is 0 Å². The number of hydrogen-bond acceptors (Lipinski definition) is 4. The molecule has 0 bridgehead atoms. The highest BCUT2D eigenvalue weighted by molar-refractivity contribution is 5.66. The van der Waals surface area contributed by atoms with Crippen molar-refractivity contribution in [1.82, 2.24) is 0 Å². The third-order valence-corrected chi connectivity index (χ3v) is 2.53. The highest BCUT2D eigenvalue weighted by atomic mass is 16.7. The maximum absolute atomic E-state index is 10.4. The zero-order chi connectivity index (χ0) is 11.6. The molecule has 1 aliphatic heterocycles. The first kappa shape index (κ1) is 11.2. The molecule has 5 heteroatoms. The summed E-state index contributed by atoms with van der Waals surface area (Å²) in [5.74, 6) is -0.428. The number of carboxylic acids is 1. The maximum Gasteiger partial charge on any atom is 0.303 e. The first-order valence-electron chi connectivity index (χ1n) is 5.19. The quantitative estimate of drug-likeness (QED) is 0.842. The van der Waals surface area contributed by atoms with E-state index in [0.717, 1.165) is 0 Å². The van der Waals surface area contributed by atoms with Crippen LogP contribution in [0.1, 0.15) is 24.9 Å². The van der Waals surface area contributed by atoms with E-state index < -0.39 is 11.8 Å². The van der Waals surface area contributed by atoms with E-state index in [4.69, 9.17) is 19.0 Å². The molecule has 1 saturated heterocycles. The Hall–Kier alpha value is -1.33. The van der Waals surface area contributed by atoms with Crippen LogP contribution >= 0.6 is 0 Å². The fourth-order valence-corrected chi connectivity index (χ4v) is 1.64. The third kappa shape index (κ3) is 2.25. The number of hydrogen-bond donors (Lipinski definition) is 1. The lowest BCUT2D eigenvalue weighted by Gasteiger charge is -2.18. The summed E-state index contributed by atoms with van der Waals surface area (Å²) in [6.45, 7) is 2.88. The lowest BCUT2D eigenvalue weighted by molar-refractivity contribution is -0.163. The van der Waals surface area contributed by atoms with Gasteiger partial charge in [-0.05, 0) is 19.1 Å². The van der Waals surface area contributed by atoms with Crippen LogP contribution in [0, 0.1) is 0 Å². The van der Waals surface area contributed by atoms with E-state index >= 15 is 0 Å². The molecular weight excluding hydrogens is 212 g/mol. The lowest BCUT2D eigenvalue weighted by atomic mass is 10.2. The molecule has 0 spiro atoms. The monoisotopic (exact) mass is 226 g/mol. The minimum Gasteiger partial charge on any atom is -0.481 e. The second kappa shape index (κ2) is 4.27. The van der Waals surface area contributed by atoms with Gasteiger partial charge in [0.15, 0.2) is 5.76 Å². The number of carbonyl (C=O) groups is 1. The van der Waals surface area contributed by atoms with Crippen molar-refractivity contribution >= 4 is 5.97 Å². The van der Waals surface area contributed by atoms with Gasteiger partial charge in [0.1, 0.15) is 5.76 Å². The van der Waals surface area contributed by atoms with Gasteiger partial charge in [0.05, 0.1) is 19.6 Å². The molecule has 0 amide bonds. The van der Waals surface area contributed by atoms with Crippen molar-refractivity contribution in [3.8, 4) is 0 Å². The topological polar surface area (TPSA) is 68.9 Å². The number of carboxylic acid groups (broad SMARTS) is 1. The van der Waals surface area contributed by atoms with Gasteiger partial charge in [-0.1, -0.05) is 0 Å². The Morgan fingerprint density at radius 2 is 2.12 bits per heavy atom. The number of ether oxygens (including phenoxy) is 2. The van der Waals surface area contributed by atoms with Crippen molar-refractivity contribution in [2.24, 2.45) is 0 Å². The highest BCUT2D eigenvalue weighted by Gasteiger charge is 2.36. The number of aliphatic carboxylic acids is 1. The van der Waals surface area contributed by atoms with Crippen LogP contribution in [0.25, 0.3) is 0 Å². The van der Waals surface area contributed by atoms with Gasteiger partial charge in [0.25, 0.3) is 0 Å². The molecule has 0 atom stereocenters. The Bertz CT molecular complexity index is 375. The summed E-state index contributed by atoms with van der Waals surface area (Å²) in [5.41, 5.74) is 0. The van der Waals surface area contributed by atoms with E-state index in [1.807, 2.05) is 0 Å². The molecule has 1 aromatic heterocycles. The molecule has 88 valence electrons. The molecule has 0 radical (unpaired) electrons. The average molecular weight is 226 g/mol. The molecule has 2 rings (SSSR count). The molecule has 1 N–H and O–H groups in total. The van der Waals surface area contributed by atoms with Crippen LogP contribution in [0.5, 0.6) is 0 Å². The van der Waals surface area contributed by atoms with E-state index in [0.29, 0.717) is 31.2 Å². The van der Waals surface area contributed by atoms with Crippen molar-refractivity contribution in [3.05, 3.63) is 23.7 Å². The highest BCUT2D eigenvalue weighted by Crippen LogP contribution is 2.32. The Labute approximate surface area is 93.0 Å². The zero-order valence-electron chi connectivity index (χ0n) is 9.06. The summed E-state index contributed by atoms with van der Waals surface area (Å²) < 4.78 is 16.4. The van der Waals surface area contributed by atoms with Crippen molar-refractivity contribution in [1.29, 1.82) is 0 Å². The molecule has 0 aromatic carbocycles. The second-order valence-electron chi connectivity index (χ2n) is 3.80. The van der Waals surface area contributed by atoms with Crippen molar-refractivity contribution in [3.63, 3.8) is 0 Å². The lowest BCUT2D eigenvalue weighted by Crippen LogP contribution is -2.21. The molecule has 16 heavy (non-hydrogen) atoms. The van der Waals surface area contributed by atoms with Crippen LogP contribution in [0.15, 0.2) is 16.5 Å². The van der Waals surface area contributed by atoms with Gasteiger partial charge in [-0.2, -0.15) is 0 Å². The van der Waals surface area contributed by atoms with Crippen molar-refractivity contribution < 1.29 is 23.8 Å². The van der Waals surface area contributed by atoms with Gasteiger partial charge in [-0.3, -0.25) is 4.79 Å². The molecule has 0 saturated carbocycles. The van der Waals surface area contributed by atoms with Crippen LogP contribution in [0.4, 0.5) is 0 Å². The molecule has 5 nitrogen and oxygen atoms in total. The standard InChI is InChI=1S/C11H14O5/c1-11(14-6-7-15-11)9-4-2-8(16-9)3-5-10(12)13/h2,4H,3,5-7H2,1H3,(H,12,13). The Balaban J connectivity index is 2.04. The summed E-state index contributed by atoms with van der Waals surface area (Å²) in [4.78, 5) is 10.4. The minimum absolute atomic E-state index is 0.0609. The molecule has 2 heterocycles. The first-order valence-corrected chi connectivity index (χ1v) is 5.19. The summed E-state index contributed by atoms with van der Waals surface area (Å²) in [6.07, 6.45) is 0.441. The summed E-state index contributed by atoms with van der Waals surface area (Å²) in [5, 5.41) is 8.55. The molecule has 0 aliphatic carbocycles. The van der Waals surface area contributed by atoms with E-state index in [1.165, 1.54) is 0 Å². The summed E-state index contributed by atoms with van der Waals surface area (Å²) >= 11 is 0. The van der Waals surface area contributed by atoms with Crippen molar-refractivity contribution in [2.45, 2.75) is 25.6 Å². The second-order valence-corrected chi connectivity index (χ2v) is 3.80. The normalized spacial score (nSPS) is 18.8. The average Bonchev–Trinajstić information content (AvgIpc) is 2.84. The van der Waals surface area contributed by atoms with Crippen LogP contribution < -0.4 is 0 Å². The zero-order valence-corrected chi connectivity index (χ0v) is 9.06. The van der Waals surface area contributed by atoms with E-state index in [1.54, 1.807) is 19.1 Å². The molecule has 0 unspecified atom stereocenters. The fraction of sp³-hybridized carbons (Fsp3) is 0.545. The van der Waals surface area contributed by atoms with Gasteiger partial charge in [0.2, 0.25) is 5.79 Å². The molecule has 1 aromatic rings. The Morgan fingerprint density at radius 1 is 1.44 bits per heavy atom. The number of furan rings is 1. The van der Waals surface area contributed by atoms with Crippen molar-refractivity contribution in [2.75, 3.05) is 13.2 Å². The SMILES string of the molecule is CC1(c2ccc(CCC(=O)O)o2)OCCO1. The smallest absolute Gasteiger partial charge is 0.303 e.